The lowest BCUT2D eigenvalue weighted by molar-refractivity contribution is 0.202. The highest BCUT2D eigenvalue weighted by Gasteiger charge is 2.39. The fourth-order valence-corrected chi connectivity index (χ4v) is 2.70. The average molecular weight is 245 g/mol. The van der Waals surface area contributed by atoms with Crippen LogP contribution < -0.4 is 5.56 Å². The normalized spacial score (nSPS) is 22.4. The van der Waals surface area contributed by atoms with Gasteiger partial charge in [0, 0.05) is 38.9 Å². The number of urea groups is 1. The molecular formula is C13H15N3O2. The number of fused-ring (bicyclic) bond motifs is 2. The molecule has 1 saturated heterocycles. The SMILES string of the molecule is CN1C(=O)N2CC=C(c3cccc(=O)n3C)C1C2. The van der Waals surface area contributed by atoms with Gasteiger partial charge in [0.15, 0.2) is 0 Å². The lowest BCUT2D eigenvalue weighted by Crippen LogP contribution is -2.32. The summed E-state index contributed by atoms with van der Waals surface area (Å²) in [5.74, 6) is 0. The molecule has 1 fully saturated rings. The molecule has 2 amide bonds. The highest BCUT2D eigenvalue weighted by Crippen LogP contribution is 2.30. The first-order valence-electron chi connectivity index (χ1n) is 5.98. The van der Waals surface area contributed by atoms with Crippen molar-refractivity contribution in [1.82, 2.24) is 14.4 Å². The predicted molar refractivity (Wildman–Crippen MR) is 68.2 cm³/mol. The lowest BCUT2D eigenvalue weighted by Gasteiger charge is -2.24. The molecule has 0 aromatic carbocycles. The number of pyridine rings is 1. The van der Waals surface area contributed by atoms with Crippen molar-refractivity contribution in [2.24, 2.45) is 7.05 Å². The van der Waals surface area contributed by atoms with Gasteiger partial charge < -0.3 is 14.4 Å². The smallest absolute Gasteiger partial charge is 0.319 e. The predicted octanol–water partition coefficient (Wildman–Crippen LogP) is 0.518. The van der Waals surface area contributed by atoms with E-state index in [2.05, 4.69) is 0 Å². The molecule has 1 aromatic rings. The van der Waals surface area contributed by atoms with Gasteiger partial charge in [-0.15, -0.1) is 0 Å². The van der Waals surface area contributed by atoms with Crippen LogP contribution >= 0.6 is 0 Å². The second-order valence-corrected chi connectivity index (χ2v) is 4.78. The van der Waals surface area contributed by atoms with Gasteiger partial charge in [-0.1, -0.05) is 12.1 Å². The van der Waals surface area contributed by atoms with Gasteiger partial charge in [-0.3, -0.25) is 4.79 Å². The zero-order valence-electron chi connectivity index (χ0n) is 10.5. The first-order valence-corrected chi connectivity index (χ1v) is 5.98. The third kappa shape index (κ3) is 1.40. The third-order valence-electron chi connectivity index (χ3n) is 3.80. The van der Waals surface area contributed by atoms with E-state index in [-0.39, 0.29) is 17.6 Å². The Morgan fingerprint density at radius 2 is 2.00 bits per heavy atom. The quantitative estimate of drug-likeness (QED) is 0.724. The Bertz CT molecular complexity index is 602. The van der Waals surface area contributed by atoms with E-state index in [9.17, 15) is 9.59 Å². The molecule has 2 aliphatic rings. The Hall–Kier alpha value is -2.04. The van der Waals surface area contributed by atoms with Crippen molar-refractivity contribution >= 4 is 11.6 Å². The molecule has 5 heteroatoms. The van der Waals surface area contributed by atoms with Crippen LogP contribution in [0.5, 0.6) is 0 Å². The van der Waals surface area contributed by atoms with Crippen molar-refractivity contribution in [3.63, 3.8) is 0 Å². The number of nitrogens with zero attached hydrogens (tertiary/aromatic N) is 3. The lowest BCUT2D eigenvalue weighted by atomic mass is 9.99. The van der Waals surface area contributed by atoms with Gasteiger partial charge in [-0.25, -0.2) is 4.79 Å². The van der Waals surface area contributed by atoms with E-state index >= 15 is 0 Å². The van der Waals surface area contributed by atoms with Crippen LogP contribution in [0, 0.1) is 0 Å². The number of rotatable bonds is 1. The van der Waals surface area contributed by atoms with E-state index in [0.717, 1.165) is 11.3 Å². The van der Waals surface area contributed by atoms with Crippen molar-refractivity contribution in [3.8, 4) is 0 Å². The van der Waals surface area contributed by atoms with Crippen molar-refractivity contribution in [3.05, 3.63) is 40.3 Å². The molecular weight excluding hydrogens is 230 g/mol. The molecule has 0 radical (unpaired) electrons. The van der Waals surface area contributed by atoms with E-state index in [1.807, 2.05) is 24.1 Å². The molecule has 0 aliphatic carbocycles. The highest BCUT2D eigenvalue weighted by atomic mass is 16.2. The van der Waals surface area contributed by atoms with Gasteiger partial charge in [0.25, 0.3) is 5.56 Å². The fourth-order valence-electron chi connectivity index (χ4n) is 2.70. The largest absolute Gasteiger partial charge is 0.320 e. The molecule has 94 valence electrons. The molecule has 18 heavy (non-hydrogen) atoms. The third-order valence-corrected chi connectivity index (χ3v) is 3.80. The van der Waals surface area contributed by atoms with Crippen LogP contribution in [0.4, 0.5) is 4.79 Å². The molecule has 0 N–H and O–H groups in total. The van der Waals surface area contributed by atoms with Crippen LogP contribution in [0.2, 0.25) is 0 Å². The van der Waals surface area contributed by atoms with Crippen LogP contribution in [-0.4, -0.2) is 46.6 Å². The molecule has 3 heterocycles. The van der Waals surface area contributed by atoms with Gasteiger partial charge in [0.2, 0.25) is 0 Å². The minimum absolute atomic E-state index is 0.0252. The summed E-state index contributed by atoms with van der Waals surface area (Å²) in [6.07, 6.45) is 2.05. The molecule has 2 aliphatic heterocycles. The first kappa shape index (κ1) is 11.1. The summed E-state index contributed by atoms with van der Waals surface area (Å²) >= 11 is 0. The maximum absolute atomic E-state index is 11.9. The molecule has 0 saturated carbocycles. The molecule has 0 spiro atoms. The number of amides is 2. The number of hydrogen-bond donors (Lipinski definition) is 0. The Morgan fingerprint density at radius 1 is 1.22 bits per heavy atom. The van der Waals surface area contributed by atoms with Gasteiger partial charge in [-0.05, 0) is 11.6 Å². The van der Waals surface area contributed by atoms with Gasteiger partial charge in [0.1, 0.15) is 0 Å². The zero-order chi connectivity index (χ0) is 12.9. The summed E-state index contributed by atoms with van der Waals surface area (Å²) in [5.41, 5.74) is 1.94. The standard InChI is InChI=1S/C13H15N3O2/c1-14-10(4-3-5-12(14)17)9-6-7-16-8-11(9)15(2)13(16)18/h3-6,11H,7-8H2,1-2H3. The van der Waals surface area contributed by atoms with Crippen molar-refractivity contribution in [2.75, 3.05) is 20.1 Å². The van der Waals surface area contributed by atoms with E-state index in [1.165, 1.54) is 0 Å². The van der Waals surface area contributed by atoms with Gasteiger partial charge in [0.05, 0.1) is 6.04 Å². The van der Waals surface area contributed by atoms with E-state index in [0.29, 0.717) is 13.1 Å². The minimum Gasteiger partial charge on any atom is -0.319 e. The molecule has 1 unspecified atom stereocenters. The van der Waals surface area contributed by atoms with Crippen LogP contribution in [0.15, 0.2) is 29.1 Å². The number of hydrogen-bond acceptors (Lipinski definition) is 2. The average Bonchev–Trinajstić information content (AvgIpc) is 2.59. The van der Waals surface area contributed by atoms with Crippen molar-refractivity contribution in [2.45, 2.75) is 6.04 Å². The van der Waals surface area contributed by atoms with Crippen molar-refractivity contribution in [1.29, 1.82) is 0 Å². The summed E-state index contributed by atoms with van der Waals surface area (Å²) in [6.45, 7) is 1.34. The topological polar surface area (TPSA) is 45.6 Å². The minimum atomic E-state index is -0.0252. The van der Waals surface area contributed by atoms with E-state index < -0.39 is 0 Å². The Morgan fingerprint density at radius 3 is 2.78 bits per heavy atom. The van der Waals surface area contributed by atoms with Crippen LogP contribution in [-0.2, 0) is 7.05 Å². The van der Waals surface area contributed by atoms with E-state index in [4.69, 9.17) is 0 Å². The monoisotopic (exact) mass is 245 g/mol. The maximum Gasteiger partial charge on any atom is 0.320 e. The summed E-state index contributed by atoms with van der Waals surface area (Å²) in [4.78, 5) is 27.1. The Labute approximate surface area is 105 Å². The first-order chi connectivity index (χ1) is 8.59. The molecule has 1 aromatic heterocycles. The zero-order valence-corrected chi connectivity index (χ0v) is 10.5. The number of carbonyl (C=O) groups is 1. The summed E-state index contributed by atoms with van der Waals surface area (Å²) in [7, 11) is 3.58. The summed E-state index contributed by atoms with van der Waals surface area (Å²) in [5, 5.41) is 0. The second-order valence-electron chi connectivity index (χ2n) is 4.78. The molecule has 3 rings (SSSR count). The summed E-state index contributed by atoms with van der Waals surface area (Å²) in [6, 6.07) is 5.36. The molecule has 5 nitrogen and oxygen atoms in total. The van der Waals surface area contributed by atoms with E-state index in [1.54, 1.807) is 28.6 Å². The molecule has 1 atom stereocenters. The number of carbonyl (C=O) groups excluding carboxylic acids is 1. The fraction of sp³-hybridized carbons (Fsp3) is 0.385. The van der Waals surface area contributed by atoms with Crippen LogP contribution in [0.25, 0.3) is 5.57 Å². The Kier molecular flexibility index (Phi) is 2.29. The molecule has 2 bridgehead atoms. The number of aromatic nitrogens is 1. The second kappa shape index (κ2) is 3.73. The Balaban J connectivity index is 2.08. The van der Waals surface area contributed by atoms with Gasteiger partial charge in [-0.2, -0.15) is 0 Å². The van der Waals surface area contributed by atoms with Gasteiger partial charge >= 0.3 is 6.03 Å². The number of likely N-dealkylation sites (N-methyl/N-ethyl adjacent to an activating group) is 1. The maximum atomic E-state index is 11.9. The summed E-state index contributed by atoms with van der Waals surface area (Å²) < 4.78 is 1.64. The van der Waals surface area contributed by atoms with Crippen LogP contribution in [0.3, 0.4) is 0 Å². The van der Waals surface area contributed by atoms with Crippen LogP contribution in [0.1, 0.15) is 5.69 Å². The van der Waals surface area contributed by atoms with Crippen molar-refractivity contribution < 1.29 is 4.79 Å². The highest BCUT2D eigenvalue weighted by molar-refractivity contribution is 5.85.